The molecule has 0 N–H and O–H groups in total. The van der Waals surface area contributed by atoms with Crippen molar-refractivity contribution in [1.82, 2.24) is 24.0 Å². The summed E-state index contributed by atoms with van der Waals surface area (Å²) >= 11 is 0. The molecule has 4 aliphatic rings. The molecule has 10 nitrogen and oxygen atoms in total. The van der Waals surface area contributed by atoms with Crippen molar-refractivity contribution < 1.29 is 17.9 Å². The minimum absolute atomic E-state index is 0.191. The summed E-state index contributed by atoms with van der Waals surface area (Å²) in [5.74, 6) is -0.0456. The molecule has 3 saturated heterocycles. The number of rotatable bonds is 9. The summed E-state index contributed by atoms with van der Waals surface area (Å²) in [6.45, 7) is 6.63. The van der Waals surface area contributed by atoms with E-state index in [9.17, 15) is 13.2 Å². The maximum absolute atomic E-state index is 13.7. The first kappa shape index (κ1) is 28.9. The number of morpholine rings is 1. The molecule has 3 aliphatic heterocycles. The Kier molecular flexibility index (Phi) is 8.24. The van der Waals surface area contributed by atoms with Crippen LogP contribution in [0.3, 0.4) is 0 Å². The first-order chi connectivity index (χ1) is 21.0. The van der Waals surface area contributed by atoms with Crippen molar-refractivity contribution >= 4 is 32.5 Å². The lowest BCUT2D eigenvalue weighted by Gasteiger charge is -2.36. The largest absolute Gasteiger partial charge is 0.379 e. The Balaban J connectivity index is 1.27. The summed E-state index contributed by atoms with van der Waals surface area (Å²) < 4.78 is 35.0. The van der Waals surface area contributed by atoms with E-state index in [0.717, 1.165) is 61.2 Å². The molecule has 230 valence electrons. The molecule has 11 heteroatoms. The predicted molar refractivity (Wildman–Crippen MR) is 167 cm³/mol. The van der Waals surface area contributed by atoms with Gasteiger partial charge in [0.05, 0.1) is 35.7 Å². The van der Waals surface area contributed by atoms with E-state index in [4.69, 9.17) is 14.8 Å². The van der Waals surface area contributed by atoms with Gasteiger partial charge in [-0.3, -0.25) is 4.79 Å². The lowest BCUT2D eigenvalue weighted by molar-refractivity contribution is 0.0727. The van der Waals surface area contributed by atoms with Crippen molar-refractivity contribution in [2.75, 3.05) is 69.7 Å². The molecule has 2 aromatic heterocycles. The second-order valence-electron chi connectivity index (χ2n) is 12.6. The number of carbonyl (C=O) groups excluding carboxylic acids is 1. The van der Waals surface area contributed by atoms with Crippen LogP contribution in [0.4, 0.5) is 5.69 Å². The third-order valence-corrected chi connectivity index (χ3v) is 11.5. The summed E-state index contributed by atoms with van der Waals surface area (Å²) in [5, 5.41) is 6.15. The van der Waals surface area contributed by atoms with Gasteiger partial charge in [0.25, 0.3) is 0 Å². The molecule has 4 fully saturated rings. The van der Waals surface area contributed by atoms with Gasteiger partial charge < -0.3 is 14.5 Å². The summed E-state index contributed by atoms with van der Waals surface area (Å²) in [5.41, 5.74) is 3.73. The minimum atomic E-state index is -3.78. The summed E-state index contributed by atoms with van der Waals surface area (Å²) in [7, 11) is -3.78. The third kappa shape index (κ3) is 5.96. The van der Waals surface area contributed by atoms with E-state index in [1.165, 1.54) is 43.2 Å². The van der Waals surface area contributed by atoms with Gasteiger partial charge in [-0.15, -0.1) is 0 Å². The topological polar surface area (TPSA) is 101 Å². The van der Waals surface area contributed by atoms with Crippen LogP contribution < -0.4 is 4.90 Å². The molecule has 1 aromatic carbocycles. The maximum atomic E-state index is 13.7. The lowest BCUT2D eigenvalue weighted by atomic mass is 9.81. The number of aromatic nitrogens is 3. The molecule has 3 aromatic rings. The zero-order valence-electron chi connectivity index (χ0n) is 24.9. The standard InChI is InChI=1S/C32H42N6O4S/c39-29(23-43(40,41)37-17-19-42-20-18-37)27-21-28(36-15-11-24(12-16-36)22-35-13-4-5-14-35)30-31(25-7-6-8-25)34-38(32(30)33-27)26-9-2-1-3-10-26/h1-3,9-10,21,24-25H,4-8,11-20,22-23H2. The van der Waals surface area contributed by atoms with Crippen LogP contribution in [0.5, 0.6) is 0 Å². The molecule has 5 heterocycles. The van der Waals surface area contributed by atoms with Crippen molar-refractivity contribution in [1.29, 1.82) is 0 Å². The zero-order valence-corrected chi connectivity index (χ0v) is 25.7. The van der Waals surface area contributed by atoms with E-state index in [2.05, 4.69) is 9.80 Å². The fraction of sp³-hybridized carbons (Fsp3) is 0.594. The van der Waals surface area contributed by atoms with Gasteiger partial charge in [0.2, 0.25) is 10.0 Å². The predicted octanol–water partition coefficient (Wildman–Crippen LogP) is 3.84. The minimum Gasteiger partial charge on any atom is -0.379 e. The number of pyridine rings is 1. The van der Waals surface area contributed by atoms with E-state index >= 15 is 0 Å². The average Bonchev–Trinajstić information content (AvgIpc) is 3.65. The highest BCUT2D eigenvalue weighted by Crippen LogP contribution is 2.43. The first-order valence-corrected chi connectivity index (χ1v) is 17.6. The van der Waals surface area contributed by atoms with Gasteiger partial charge in [-0.2, -0.15) is 9.40 Å². The number of fused-ring (bicyclic) bond motifs is 1. The Morgan fingerprint density at radius 1 is 0.907 bits per heavy atom. The number of benzene rings is 1. The number of ketones is 1. The molecule has 1 saturated carbocycles. The van der Waals surface area contributed by atoms with Gasteiger partial charge >= 0.3 is 0 Å². The van der Waals surface area contributed by atoms with Gasteiger partial charge in [-0.25, -0.2) is 18.1 Å². The fourth-order valence-electron chi connectivity index (χ4n) is 7.07. The average molecular weight is 607 g/mol. The number of Topliss-reactive ketones (excluding diaryl/α,β-unsaturated/α-hetero) is 1. The van der Waals surface area contributed by atoms with Crippen LogP contribution in [0, 0.1) is 5.92 Å². The van der Waals surface area contributed by atoms with Crippen molar-refractivity contribution in [3.8, 4) is 5.69 Å². The van der Waals surface area contributed by atoms with Crippen LogP contribution in [-0.2, 0) is 14.8 Å². The number of para-hydroxylation sites is 1. The SMILES string of the molecule is O=C(CS(=O)(=O)N1CCOCC1)c1cc(N2CCC(CN3CCCC3)CC2)c2c(C3CCC3)nn(-c3ccccc3)c2n1. The molecule has 43 heavy (non-hydrogen) atoms. The number of likely N-dealkylation sites (tertiary alicyclic amines) is 1. The quantitative estimate of drug-likeness (QED) is 0.339. The molecule has 0 bridgehead atoms. The van der Waals surface area contributed by atoms with E-state index in [-0.39, 0.29) is 18.8 Å². The van der Waals surface area contributed by atoms with Crippen molar-refractivity contribution in [2.24, 2.45) is 5.92 Å². The van der Waals surface area contributed by atoms with Crippen molar-refractivity contribution in [2.45, 2.75) is 50.9 Å². The van der Waals surface area contributed by atoms with Gasteiger partial charge in [-0.05, 0) is 75.7 Å². The van der Waals surface area contributed by atoms with Crippen LogP contribution in [0.2, 0.25) is 0 Å². The van der Waals surface area contributed by atoms with Crippen molar-refractivity contribution in [3.05, 3.63) is 47.8 Å². The van der Waals surface area contributed by atoms with Gasteiger partial charge in [0, 0.05) is 38.6 Å². The second kappa shape index (κ2) is 12.3. The van der Waals surface area contributed by atoms with Crippen LogP contribution in [-0.4, -0.2) is 103 Å². The highest BCUT2D eigenvalue weighted by atomic mass is 32.2. The van der Waals surface area contributed by atoms with E-state index < -0.39 is 21.6 Å². The lowest BCUT2D eigenvalue weighted by Crippen LogP contribution is -2.43. The van der Waals surface area contributed by atoms with Gasteiger partial charge in [-0.1, -0.05) is 24.6 Å². The molecular weight excluding hydrogens is 564 g/mol. The molecule has 1 aliphatic carbocycles. The molecular formula is C32H42N6O4S. The normalized spacial score (nSPS) is 21.4. The van der Waals surface area contributed by atoms with E-state index in [0.29, 0.717) is 30.7 Å². The Morgan fingerprint density at radius 2 is 1.63 bits per heavy atom. The third-order valence-electron chi connectivity index (χ3n) is 9.77. The number of nitrogens with zero attached hydrogens (tertiary/aromatic N) is 6. The van der Waals surface area contributed by atoms with Crippen LogP contribution in [0.25, 0.3) is 16.7 Å². The number of ether oxygens (including phenoxy) is 1. The van der Waals surface area contributed by atoms with Crippen LogP contribution >= 0.6 is 0 Å². The second-order valence-corrected chi connectivity index (χ2v) is 14.6. The smallest absolute Gasteiger partial charge is 0.221 e. The summed E-state index contributed by atoms with van der Waals surface area (Å²) in [6.07, 6.45) is 8.18. The molecule has 0 spiro atoms. The monoisotopic (exact) mass is 606 g/mol. The van der Waals surface area contributed by atoms with E-state index in [1.807, 2.05) is 41.1 Å². The number of sulfonamides is 1. The molecule has 0 unspecified atom stereocenters. The van der Waals surface area contributed by atoms with Crippen LogP contribution in [0.1, 0.15) is 67.0 Å². The van der Waals surface area contributed by atoms with E-state index in [1.54, 1.807) is 0 Å². The summed E-state index contributed by atoms with van der Waals surface area (Å²) in [4.78, 5) is 23.6. The molecule has 0 atom stereocenters. The summed E-state index contributed by atoms with van der Waals surface area (Å²) in [6, 6.07) is 11.8. The molecule has 7 rings (SSSR count). The number of piperidine rings is 1. The molecule has 0 radical (unpaired) electrons. The number of anilines is 1. The Morgan fingerprint density at radius 3 is 2.30 bits per heavy atom. The van der Waals surface area contributed by atoms with Crippen LogP contribution in [0.15, 0.2) is 36.4 Å². The first-order valence-electron chi connectivity index (χ1n) is 16.0. The highest BCUT2D eigenvalue weighted by Gasteiger charge is 2.33. The number of hydrogen-bond acceptors (Lipinski definition) is 8. The molecule has 0 amide bonds. The number of hydrogen-bond donors (Lipinski definition) is 0. The van der Waals surface area contributed by atoms with Gasteiger partial charge in [0.1, 0.15) is 11.4 Å². The fourth-order valence-corrected chi connectivity index (χ4v) is 8.44. The van der Waals surface area contributed by atoms with Gasteiger partial charge in [0.15, 0.2) is 11.4 Å². The Labute approximate surface area is 254 Å². The Hall–Kier alpha value is -2.86. The number of carbonyl (C=O) groups is 1. The zero-order chi connectivity index (χ0) is 29.4. The van der Waals surface area contributed by atoms with Crippen molar-refractivity contribution in [3.63, 3.8) is 0 Å². The Bertz CT molecular complexity index is 1550. The maximum Gasteiger partial charge on any atom is 0.221 e. The highest BCUT2D eigenvalue weighted by molar-refractivity contribution is 7.89.